The van der Waals surface area contributed by atoms with Gasteiger partial charge < -0.3 is 20.1 Å². The van der Waals surface area contributed by atoms with E-state index >= 15 is 0 Å². The van der Waals surface area contributed by atoms with Crippen LogP contribution in [0.4, 0.5) is 10.5 Å². The van der Waals surface area contributed by atoms with Crippen molar-refractivity contribution in [1.82, 2.24) is 14.8 Å². The Balaban J connectivity index is 1.66. The molecule has 7 heteroatoms. The molecule has 2 heterocycles. The summed E-state index contributed by atoms with van der Waals surface area (Å²) in [5, 5.41) is 12.1. The highest BCUT2D eigenvalue weighted by atomic mass is 16.2. The minimum absolute atomic E-state index is 0.0412. The lowest BCUT2D eigenvalue weighted by molar-refractivity contribution is 0.102. The Morgan fingerprint density at radius 1 is 1.16 bits per heavy atom. The number of nitrogens with one attached hydrogen (secondary N) is 2. The number of likely N-dealkylation sites (N-methyl/N-ethyl adjacent to an activating group) is 2. The summed E-state index contributed by atoms with van der Waals surface area (Å²) >= 11 is 0. The Kier molecular flexibility index (Phi) is 6.31. The molecule has 0 radical (unpaired) electrons. The first kappa shape index (κ1) is 21.7. The van der Waals surface area contributed by atoms with Gasteiger partial charge in [0, 0.05) is 50.6 Å². The summed E-state index contributed by atoms with van der Waals surface area (Å²) in [6, 6.07) is 9.84. The summed E-state index contributed by atoms with van der Waals surface area (Å²) in [5.41, 5.74) is 5.04. The fraction of sp³-hybridized carbons (Fsp3) is 0.400. The van der Waals surface area contributed by atoms with Crippen LogP contribution in [0.3, 0.4) is 0 Å². The highest BCUT2D eigenvalue weighted by Crippen LogP contribution is 2.34. The fourth-order valence-electron chi connectivity index (χ4n) is 4.61. The summed E-state index contributed by atoms with van der Waals surface area (Å²) < 4.78 is 0. The van der Waals surface area contributed by atoms with Crippen LogP contribution < -0.4 is 5.32 Å². The number of benzene rings is 1. The van der Waals surface area contributed by atoms with Gasteiger partial charge in [0.05, 0.1) is 5.56 Å². The zero-order chi connectivity index (χ0) is 22.7. The number of carbonyl (C=O) groups excluding carboxylic acids is 2. The van der Waals surface area contributed by atoms with Gasteiger partial charge in [0.1, 0.15) is 11.8 Å². The van der Waals surface area contributed by atoms with Gasteiger partial charge in [-0.2, -0.15) is 5.26 Å². The predicted molar refractivity (Wildman–Crippen MR) is 124 cm³/mol. The van der Waals surface area contributed by atoms with Crippen LogP contribution in [-0.2, 0) is 0 Å². The number of rotatable bonds is 4. The van der Waals surface area contributed by atoms with Crippen molar-refractivity contribution in [2.45, 2.75) is 38.0 Å². The van der Waals surface area contributed by atoms with Gasteiger partial charge in [0.25, 0.3) is 5.91 Å². The van der Waals surface area contributed by atoms with Gasteiger partial charge >= 0.3 is 6.03 Å². The van der Waals surface area contributed by atoms with Gasteiger partial charge in [-0.15, -0.1) is 0 Å². The molecule has 0 spiro atoms. The Bertz CT molecular complexity index is 1080. The van der Waals surface area contributed by atoms with E-state index in [2.05, 4.69) is 22.4 Å². The van der Waals surface area contributed by atoms with Gasteiger partial charge in [-0.3, -0.25) is 4.79 Å². The number of aromatic amines is 1. The van der Waals surface area contributed by atoms with Crippen molar-refractivity contribution in [2.24, 2.45) is 0 Å². The van der Waals surface area contributed by atoms with Crippen LogP contribution in [-0.4, -0.2) is 53.9 Å². The number of H-pyrrole nitrogens is 1. The van der Waals surface area contributed by atoms with Crippen molar-refractivity contribution < 1.29 is 9.59 Å². The summed E-state index contributed by atoms with van der Waals surface area (Å²) in [6.45, 7) is 1.35. The Morgan fingerprint density at radius 3 is 2.66 bits per heavy atom. The zero-order valence-corrected chi connectivity index (χ0v) is 18.6. The number of anilines is 1. The number of urea groups is 1. The van der Waals surface area contributed by atoms with Crippen molar-refractivity contribution in [3.8, 4) is 6.07 Å². The topological polar surface area (TPSA) is 92.2 Å². The van der Waals surface area contributed by atoms with E-state index in [9.17, 15) is 9.59 Å². The van der Waals surface area contributed by atoms with Crippen molar-refractivity contribution in [3.05, 3.63) is 58.9 Å². The number of nitriles is 1. The molecular weight excluding hydrogens is 402 g/mol. The van der Waals surface area contributed by atoms with Crippen molar-refractivity contribution in [3.63, 3.8) is 0 Å². The monoisotopic (exact) mass is 431 g/mol. The number of nitrogens with zero attached hydrogens (tertiary/aromatic N) is 3. The molecule has 0 saturated carbocycles. The molecule has 1 aliphatic carbocycles. The lowest BCUT2D eigenvalue weighted by Gasteiger charge is -2.36. The van der Waals surface area contributed by atoms with Crippen LogP contribution in [0.5, 0.6) is 0 Å². The molecule has 1 aliphatic heterocycles. The number of hydrogen-bond acceptors (Lipinski definition) is 3. The molecule has 3 amide bonds. The molecular formula is C25H29N5O2. The fourth-order valence-corrected chi connectivity index (χ4v) is 4.61. The van der Waals surface area contributed by atoms with Crippen molar-refractivity contribution in [1.29, 1.82) is 5.26 Å². The van der Waals surface area contributed by atoms with E-state index in [-0.39, 0.29) is 17.9 Å². The molecule has 2 aliphatic rings. The second-order valence-electron chi connectivity index (χ2n) is 8.74. The van der Waals surface area contributed by atoms with Gasteiger partial charge in [-0.05, 0) is 55.0 Å². The van der Waals surface area contributed by atoms with Crippen LogP contribution in [0.1, 0.15) is 65.2 Å². The van der Waals surface area contributed by atoms with E-state index in [0.29, 0.717) is 24.3 Å². The van der Waals surface area contributed by atoms with Crippen LogP contribution in [0, 0.1) is 11.3 Å². The Labute approximate surface area is 188 Å². The predicted octanol–water partition coefficient (Wildman–Crippen LogP) is 4.57. The highest BCUT2D eigenvalue weighted by Gasteiger charge is 2.28. The minimum atomic E-state index is -0.266. The van der Waals surface area contributed by atoms with Gasteiger partial charge in [-0.25, -0.2) is 4.79 Å². The van der Waals surface area contributed by atoms with E-state index in [4.69, 9.17) is 5.26 Å². The molecule has 0 atom stereocenters. The molecule has 1 saturated heterocycles. The second kappa shape index (κ2) is 9.31. The third-order valence-electron chi connectivity index (χ3n) is 6.35. The van der Waals surface area contributed by atoms with E-state index < -0.39 is 0 Å². The molecule has 7 nitrogen and oxygen atoms in total. The second-order valence-corrected chi connectivity index (χ2v) is 8.74. The van der Waals surface area contributed by atoms with Crippen LogP contribution in [0.25, 0.3) is 5.57 Å². The molecule has 32 heavy (non-hydrogen) atoms. The van der Waals surface area contributed by atoms with Gasteiger partial charge in [0.2, 0.25) is 0 Å². The van der Waals surface area contributed by atoms with Crippen LogP contribution >= 0.6 is 0 Å². The average molecular weight is 432 g/mol. The first-order valence-electron chi connectivity index (χ1n) is 11.2. The normalized spacial score (nSPS) is 17.5. The van der Waals surface area contributed by atoms with Crippen molar-refractivity contribution in [2.75, 3.05) is 32.5 Å². The Morgan fingerprint density at radius 2 is 1.94 bits per heavy atom. The molecule has 0 bridgehead atoms. The van der Waals surface area contributed by atoms with Gasteiger partial charge in [-0.1, -0.05) is 18.6 Å². The largest absolute Gasteiger partial charge is 0.356 e. The first-order chi connectivity index (χ1) is 15.5. The quantitative estimate of drug-likeness (QED) is 0.743. The average Bonchev–Trinajstić information content (AvgIpc) is 3.12. The number of aromatic nitrogens is 1. The maximum Gasteiger partial charge on any atom is 0.319 e. The maximum absolute atomic E-state index is 12.8. The van der Waals surface area contributed by atoms with Gasteiger partial charge in [0.15, 0.2) is 0 Å². The minimum Gasteiger partial charge on any atom is -0.356 e. The van der Waals surface area contributed by atoms with E-state index in [1.165, 1.54) is 30.2 Å². The molecule has 0 unspecified atom stereocenters. The zero-order valence-electron chi connectivity index (χ0n) is 18.6. The third kappa shape index (κ3) is 4.54. The SMILES string of the molecule is CN1CC(c2ccc(NC(=O)c3cc(C#N)c[nH]3)c(C3=CCCCCC3)c2)CN(C)C1=O. The smallest absolute Gasteiger partial charge is 0.319 e. The Hall–Kier alpha value is -3.53. The first-order valence-corrected chi connectivity index (χ1v) is 11.2. The van der Waals surface area contributed by atoms with E-state index in [0.717, 1.165) is 30.5 Å². The van der Waals surface area contributed by atoms with Crippen molar-refractivity contribution >= 4 is 23.2 Å². The molecule has 1 aromatic heterocycles. The number of allylic oxidation sites excluding steroid dienone is 2. The number of carbonyl (C=O) groups is 2. The van der Waals surface area contributed by atoms with Crippen LogP contribution in [0.2, 0.25) is 0 Å². The lowest BCUT2D eigenvalue weighted by atomic mass is 9.90. The lowest BCUT2D eigenvalue weighted by Crippen LogP contribution is -2.48. The summed E-state index contributed by atoms with van der Waals surface area (Å²) in [5.74, 6) is -0.0587. The molecule has 4 rings (SSSR count). The summed E-state index contributed by atoms with van der Waals surface area (Å²) in [7, 11) is 3.67. The molecule has 2 N–H and O–H groups in total. The molecule has 2 aromatic rings. The highest BCUT2D eigenvalue weighted by molar-refractivity contribution is 6.04. The standard InChI is InChI=1S/C25H29N5O2/c1-29-15-20(16-30(2)25(29)32)19-9-10-22(21(12-19)18-7-5-3-4-6-8-18)28-24(31)23-11-17(13-26)14-27-23/h7,9-12,14,20,27H,3-6,8,15-16H2,1-2H3,(H,28,31). The third-order valence-corrected chi connectivity index (χ3v) is 6.35. The van der Waals surface area contributed by atoms with E-state index in [1.807, 2.05) is 32.3 Å². The summed E-state index contributed by atoms with van der Waals surface area (Å²) in [6.07, 6.45) is 9.38. The number of hydrogen-bond donors (Lipinski definition) is 2. The molecule has 166 valence electrons. The number of amides is 3. The van der Waals surface area contributed by atoms with E-state index in [1.54, 1.807) is 15.9 Å². The van der Waals surface area contributed by atoms with Crippen LogP contribution in [0.15, 0.2) is 36.5 Å². The molecule has 1 aromatic carbocycles. The summed E-state index contributed by atoms with van der Waals surface area (Å²) in [4.78, 5) is 31.4. The molecule has 1 fully saturated rings. The maximum atomic E-state index is 12.8.